The van der Waals surface area contributed by atoms with E-state index in [1.54, 1.807) is 18.2 Å². The van der Waals surface area contributed by atoms with Crippen molar-refractivity contribution in [1.29, 1.82) is 0 Å². The number of fused-ring (bicyclic) bond motifs is 5. The van der Waals surface area contributed by atoms with Gasteiger partial charge in [-0.05, 0) is 51.0 Å². The molecule has 4 bridgehead atoms. The molecule has 1 spiro atoms. The van der Waals surface area contributed by atoms with Gasteiger partial charge in [-0.15, -0.1) is 0 Å². The van der Waals surface area contributed by atoms with Gasteiger partial charge in [0.1, 0.15) is 41.5 Å². The van der Waals surface area contributed by atoms with E-state index in [4.69, 9.17) is 37.9 Å². The molecule has 18 nitrogen and oxygen atoms in total. The summed E-state index contributed by atoms with van der Waals surface area (Å²) < 4.78 is 48.5. The first-order valence-corrected chi connectivity index (χ1v) is 19.0. The largest absolute Gasteiger partial charge is 0.465 e. The summed E-state index contributed by atoms with van der Waals surface area (Å²) in [6.07, 6.45) is -10.6. The zero-order valence-electron chi connectivity index (χ0n) is 33.5. The monoisotopic (exact) mass is 825 g/mol. The zero-order valence-corrected chi connectivity index (χ0v) is 33.5. The lowest BCUT2D eigenvalue weighted by Crippen LogP contribution is -2.89. The number of aliphatic hydroxyl groups is 2. The van der Waals surface area contributed by atoms with Gasteiger partial charge in [0.25, 0.3) is 0 Å². The van der Waals surface area contributed by atoms with Crippen LogP contribution in [0, 0.1) is 17.3 Å². The van der Waals surface area contributed by atoms with Gasteiger partial charge >= 0.3 is 41.8 Å². The molecule has 3 fully saturated rings. The van der Waals surface area contributed by atoms with Gasteiger partial charge in [-0.25, -0.2) is 9.59 Å². The SMILES string of the molecule is CC(=O)OC[C@]12[C@H](OC(C)=O)[C@H](OC(=O)c3ccccc3)[C@@H]3[C@@H](O)[C@@]14O[C@@]3(C)COC(=O)c1cccnc1CC[C@H](C)C(=O)O[C@@H]([C@H](OC(C)=O)[C@@H]2OC(C)=O)[C@]4(C)O. The normalized spacial score (nSPS) is 36.3. The number of rotatable bonds is 7. The summed E-state index contributed by atoms with van der Waals surface area (Å²) in [5.74, 6) is -9.53. The Morgan fingerprint density at radius 2 is 1.47 bits per heavy atom. The zero-order chi connectivity index (χ0) is 43.2. The van der Waals surface area contributed by atoms with E-state index in [-0.39, 0.29) is 29.7 Å². The van der Waals surface area contributed by atoms with Gasteiger partial charge in [0, 0.05) is 33.9 Å². The van der Waals surface area contributed by atoms with Gasteiger partial charge < -0.3 is 48.1 Å². The highest BCUT2D eigenvalue weighted by Crippen LogP contribution is 2.69. The predicted octanol–water partition coefficient (Wildman–Crippen LogP) is 1.59. The van der Waals surface area contributed by atoms with Crippen molar-refractivity contribution in [3.05, 3.63) is 65.5 Å². The van der Waals surface area contributed by atoms with Crippen molar-refractivity contribution in [3.63, 3.8) is 0 Å². The first kappa shape index (κ1) is 43.1. The third kappa shape index (κ3) is 7.20. The number of esters is 7. The lowest BCUT2D eigenvalue weighted by atomic mass is 9.45. The number of aliphatic hydroxyl groups excluding tert-OH is 1. The topological polar surface area (TPSA) is 247 Å². The molecule has 1 saturated heterocycles. The fraction of sp³-hybridized carbons (Fsp3) is 0.561. The van der Waals surface area contributed by atoms with E-state index in [9.17, 15) is 43.8 Å². The van der Waals surface area contributed by atoms with Crippen molar-refractivity contribution in [2.75, 3.05) is 13.2 Å². The molecule has 6 rings (SSSR count). The van der Waals surface area contributed by atoms with Crippen LogP contribution in [0.25, 0.3) is 0 Å². The molecule has 0 unspecified atom stereocenters. The van der Waals surface area contributed by atoms with Crippen molar-refractivity contribution in [3.8, 4) is 0 Å². The molecular formula is C41H47NO17. The van der Waals surface area contributed by atoms with Gasteiger partial charge in [-0.1, -0.05) is 25.1 Å². The average molecular weight is 826 g/mol. The van der Waals surface area contributed by atoms with E-state index in [1.165, 1.54) is 44.3 Å². The standard InChI is InChI=1S/C41H47NO17/c1-20-15-16-27-26(14-11-17-42-27)37(50)53-18-38(6)28-29(57-36(49)25-12-9-8-10-13-25)33(55-23(4)45)40(19-52-21(2)43)34(56-24(5)46)30(54-22(3)44)32(58-35(20)48)39(7,51)41(40,59-38)31(28)47/h8-14,17,20,28-34,47,51H,15-16,18-19H2,1-7H3/t20-,28+,29+,30-,31+,32-,33+,34-,38-,39-,40+,41-/m0/s1. The first-order chi connectivity index (χ1) is 27.7. The van der Waals surface area contributed by atoms with Crippen LogP contribution in [-0.4, -0.2) is 124 Å². The molecule has 1 aromatic heterocycles. The molecule has 2 aliphatic carbocycles. The van der Waals surface area contributed by atoms with E-state index >= 15 is 0 Å². The molecule has 0 radical (unpaired) electrons. The highest BCUT2D eigenvalue weighted by atomic mass is 16.7. The minimum atomic E-state index is -2.80. The molecule has 2 saturated carbocycles. The van der Waals surface area contributed by atoms with Crippen molar-refractivity contribution in [2.24, 2.45) is 17.3 Å². The number of nitrogens with zero attached hydrogens (tertiary/aromatic N) is 1. The van der Waals surface area contributed by atoms with Crippen LogP contribution >= 0.6 is 0 Å². The predicted molar refractivity (Wildman–Crippen MR) is 196 cm³/mol. The molecule has 12 atom stereocenters. The van der Waals surface area contributed by atoms with Gasteiger partial charge in [-0.2, -0.15) is 0 Å². The highest BCUT2D eigenvalue weighted by molar-refractivity contribution is 5.91. The maximum absolute atomic E-state index is 14.1. The molecule has 2 N–H and O–H groups in total. The molecule has 3 heterocycles. The number of carbonyl (C=O) groups is 7. The Bertz CT molecular complexity index is 2020. The number of pyridine rings is 1. The van der Waals surface area contributed by atoms with Crippen LogP contribution in [0.1, 0.15) is 81.3 Å². The Labute approximate surface area is 338 Å². The molecule has 18 heteroatoms. The van der Waals surface area contributed by atoms with Crippen LogP contribution in [0.3, 0.4) is 0 Å². The second kappa shape index (κ2) is 16.0. The summed E-state index contributed by atoms with van der Waals surface area (Å²) in [7, 11) is 0. The maximum Gasteiger partial charge on any atom is 0.340 e. The average Bonchev–Trinajstić information content (AvgIpc) is 3.37. The molecule has 1 aromatic carbocycles. The van der Waals surface area contributed by atoms with Gasteiger partial charge in [0.2, 0.25) is 0 Å². The van der Waals surface area contributed by atoms with Crippen molar-refractivity contribution < 1.29 is 81.7 Å². The van der Waals surface area contributed by atoms with Crippen molar-refractivity contribution >= 4 is 41.8 Å². The number of aryl methyl sites for hydroxylation is 1. The van der Waals surface area contributed by atoms with Crippen LogP contribution < -0.4 is 0 Å². The molecule has 0 amide bonds. The first-order valence-electron chi connectivity index (χ1n) is 19.0. The third-order valence-electron chi connectivity index (χ3n) is 11.8. The number of hydrogen-bond donors (Lipinski definition) is 2. The number of aromatic nitrogens is 1. The van der Waals surface area contributed by atoms with Crippen LogP contribution in [0.4, 0.5) is 0 Å². The van der Waals surface area contributed by atoms with Crippen LogP contribution in [0.15, 0.2) is 48.7 Å². The number of benzene rings is 1. The van der Waals surface area contributed by atoms with Crippen molar-refractivity contribution in [1.82, 2.24) is 4.98 Å². The number of hydrogen-bond acceptors (Lipinski definition) is 18. The van der Waals surface area contributed by atoms with Crippen LogP contribution in [0.2, 0.25) is 0 Å². The summed E-state index contributed by atoms with van der Waals surface area (Å²) in [6.45, 7) is 6.17. The maximum atomic E-state index is 14.1. The van der Waals surface area contributed by atoms with E-state index in [0.29, 0.717) is 0 Å². The van der Waals surface area contributed by atoms with E-state index < -0.39 is 126 Å². The fourth-order valence-corrected chi connectivity index (χ4v) is 9.44. The molecule has 318 valence electrons. The second-order valence-electron chi connectivity index (χ2n) is 15.8. The minimum Gasteiger partial charge on any atom is -0.465 e. The Kier molecular flexibility index (Phi) is 11.7. The Hall–Kier alpha value is -5.46. The third-order valence-corrected chi connectivity index (χ3v) is 11.8. The Morgan fingerprint density at radius 1 is 0.847 bits per heavy atom. The molecule has 2 aliphatic heterocycles. The molecule has 59 heavy (non-hydrogen) atoms. The number of cyclic esters (lactones) is 1. The van der Waals surface area contributed by atoms with E-state index in [1.807, 2.05) is 0 Å². The molecule has 2 aromatic rings. The summed E-state index contributed by atoms with van der Waals surface area (Å²) >= 11 is 0. The quantitative estimate of drug-likeness (QED) is 0.297. The second-order valence-corrected chi connectivity index (χ2v) is 15.8. The minimum absolute atomic E-state index is 0.00566. The van der Waals surface area contributed by atoms with Crippen LogP contribution in [-0.2, 0) is 68.3 Å². The molecular weight excluding hydrogens is 778 g/mol. The van der Waals surface area contributed by atoms with Gasteiger partial charge in [0.15, 0.2) is 24.4 Å². The Morgan fingerprint density at radius 3 is 2.08 bits per heavy atom. The smallest absolute Gasteiger partial charge is 0.340 e. The lowest BCUT2D eigenvalue weighted by Gasteiger charge is -2.67. The van der Waals surface area contributed by atoms with Gasteiger partial charge in [0.05, 0.1) is 34.8 Å². The van der Waals surface area contributed by atoms with Crippen LogP contribution in [0.5, 0.6) is 0 Å². The molecule has 4 aliphatic rings. The van der Waals surface area contributed by atoms with Gasteiger partial charge in [-0.3, -0.25) is 29.0 Å². The summed E-state index contributed by atoms with van der Waals surface area (Å²) in [6, 6.07) is 10.6. The summed E-state index contributed by atoms with van der Waals surface area (Å²) in [4.78, 5) is 98.8. The van der Waals surface area contributed by atoms with E-state index in [2.05, 4.69) is 4.98 Å². The fourth-order valence-electron chi connectivity index (χ4n) is 9.44. The number of carbonyl (C=O) groups excluding carboxylic acids is 7. The van der Waals surface area contributed by atoms with E-state index in [0.717, 1.165) is 34.6 Å². The Balaban J connectivity index is 1.72. The number of ether oxygens (including phenoxy) is 8. The van der Waals surface area contributed by atoms with Crippen molar-refractivity contribution in [2.45, 2.75) is 115 Å². The summed E-state index contributed by atoms with van der Waals surface area (Å²) in [5.41, 5.74) is -9.90. The lowest BCUT2D eigenvalue weighted by molar-refractivity contribution is -0.386. The highest BCUT2D eigenvalue weighted by Gasteiger charge is 2.91. The summed E-state index contributed by atoms with van der Waals surface area (Å²) in [5, 5.41) is 26.3.